The molecule has 0 spiro atoms. The number of likely N-dealkylation sites (N-methyl/N-ethyl adjacent to an activating group) is 1. The van der Waals surface area contributed by atoms with E-state index in [2.05, 4.69) is 24.3 Å². The number of hydrogen-bond donors (Lipinski definition) is 1. The van der Waals surface area contributed by atoms with Gasteiger partial charge in [0.25, 0.3) is 0 Å². The third kappa shape index (κ3) is 3.21. The Balaban J connectivity index is 2.26. The van der Waals surface area contributed by atoms with E-state index in [1.807, 2.05) is 0 Å². The minimum Gasteiger partial charge on any atom is -0.315 e. The first-order valence-corrected chi connectivity index (χ1v) is 4.68. The maximum Gasteiger partial charge on any atom is 0.0214 e. The minimum absolute atomic E-state index is 0.760. The smallest absolute Gasteiger partial charge is 0.0214 e. The summed E-state index contributed by atoms with van der Waals surface area (Å²) in [5.41, 5.74) is 0. The van der Waals surface area contributed by atoms with Gasteiger partial charge in [-0.1, -0.05) is 12.8 Å². The fraction of sp³-hybridized carbons (Fsp3) is 1.00. The molecule has 2 nitrogen and oxygen atoms in total. The van der Waals surface area contributed by atoms with Crippen LogP contribution in [0.1, 0.15) is 25.7 Å². The summed E-state index contributed by atoms with van der Waals surface area (Å²) >= 11 is 0. The molecule has 1 aliphatic rings. The van der Waals surface area contributed by atoms with Gasteiger partial charge >= 0.3 is 0 Å². The first kappa shape index (κ1) is 9.01. The molecule has 0 radical (unpaired) electrons. The van der Waals surface area contributed by atoms with Gasteiger partial charge in [0.2, 0.25) is 0 Å². The maximum absolute atomic E-state index is 3.48. The van der Waals surface area contributed by atoms with Crippen molar-refractivity contribution < 1.29 is 0 Å². The van der Waals surface area contributed by atoms with Gasteiger partial charge in [-0.15, -0.1) is 0 Å². The van der Waals surface area contributed by atoms with Crippen LogP contribution in [0.4, 0.5) is 0 Å². The first-order valence-electron chi connectivity index (χ1n) is 4.68. The van der Waals surface area contributed by atoms with Crippen LogP contribution in [-0.4, -0.2) is 38.1 Å². The Bertz CT molecular complexity index is 93.7. The molecule has 2 heteroatoms. The highest BCUT2D eigenvalue weighted by molar-refractivity contribution is 4.71. The average molecular weight is 156 g/mol. The Morgan fingerprint density at radius 1 is 1.18 bits per heavy atom. The van der Waals surface area contributed by atoms with Crippen LogP contribution in [0.5, 0.6) is 0 Å². The van der Waals surface area contributed by atoms with E-state index in [0.717, 1.165) is 6.04 Å². The van der Waals surface area contributed by atoms with Gasteiger partial charge in [0.05, 0.1) is 0 Å². The summed E-state index contributed by atoms with van der Waals surface area (Å²) in [5, 5.41) is 3.48. The summed E-state index contributed by atoms with van der Waals surface area (Å²) in [7, 11) is 4.35. The van der Waals surface area contributed by atoms with Gasteiger partial charge in [0.1, 0.15) is 0 Å². The third-order valence-corrected chi connectivity index (χ3v) is 2.50. The Morgan fingerprint density at radius 2 is 2.00 bits per heavy atom. The van der Waals surface area contributed by atoms with E-state index in [1.54, 1.807) is 0 Å². The summed E-state index contributed by atoms with van der Waals surface area (Å²) in [4.78, 5) is 2.33. The van der Waals surface area contributed by atoms with Crippen molar-refractivity contribution in [3.8, 4) is 0 Å². The maximum atomic E-state index is 3.48. The number of nitrogens with one attached hydrogen (secondary N) is 1. The monoisotopic (exact) mass is 156 g/mol. The number of rotatable bonds is 1. The molecule has 1 heterocycles. The summed E-state index contributed by atoms with van der Waals surface area (Å²) in [6.07, 6.45) is 5.53. The Labute approximate surface area is 70.0 Å². The van der Waals surface area contributed by atoms with E-state index in [1.165, 1.54) is 38.8 Å². The van der Waals surface area contributed by atoms with E-state index in [-0.39, 0.29) is 0 Å². The van der Waals surface area contributed by atoms with Gasteiger partial charge in [0, 0.05) is 12.6 Å². The van der Waals surface area contributed by atoms with Crippen molar-refractivity contribution in [1.82, 2.24) is 10.2 Å². The van der Waals surface area contributed by atoms with Crippen molar-refractivity contribution in [2.24, 2.45) is 0 Å². The molecule has 1 rings (SSSR count). The van der Waals surface area contributed by atoms with Crippen molar-refractivity contribution in [2.75, 3.05) is 27.2 Å². The van der Waals surface area contributed by atoms with Crippen LogP contribution in [0.25, 0.3) is 0 Å². The van der Waals surface area contributed by atoms with Gasteiger partial charge < -0.3 is 10.2 Å². The molecule has 1 saturated heterocycles. The van der Waals surface area contributed by atoms with Crippen molar-refractivity contribution in [3.63, 3.8) is 0 Å². The highest BCUT2D eigenvalue weighted by Crippen LogP contribution is 2.08. The lowest BCUT2D eigenvalue weighted by Crippen LogP contribution is -2.39. The van der Waals surface area contributed by atoms with Crippen LogP contribution in [0.15, 0.2) is 0 Å². The fourth-order valence-electron chi connectivity index (χ4n) is 1.62. The minimum atomic E-state index is 0.760. The predicted molar refractivity (Wildman–Crippen MR) is 48.8 cm³/mol. The van der Waals surface area contributed by atoms with Crippen molar-refractivity contribution in [3.05, 3.63) is 0 Å². The molecule has 1 N–H and O–H groups in total. The second-order valence-electron chi connectivity index (χ2n) is 3.67. The van der Waals surface area contributed by atoms with Crippen LogP contribution in [0, 0.1) is 0 Å². The predicted octanol–water partition coefficient (Wildman–Crippen LogP) is 1.08. The lowest BCUT2D eigenvalue weighted by Gasteiger charge is -2.26. The second-order valence-corrected chi connectivity index (χ2v) is 3.67. The average Bonchev–Trinajstić information content (AvgIpc) is 1.84. The molecule has 1 aliphatic heterocycles. The first-order chi connectivity index (χ1) is 5.30. The lowest BCUT2D eigenvalue weighted by molar-refractivity contribution is 0.254. The van der Waals surface area contributed by atoms with Crippen LogP contribution < -0.4 is 5.32 Å². The molecule has 1 unspecified atom stereocenters. The van der Waals surface area contributed by atoms with Gasteiger partial charge in [-0.05, 0) is 33.5 Å². The molecule has 1 fully saturated rings. The Kier molecular flexibility index (Phi) is 3.87. The van der Waals surface area contributed by atoms with Gasteiger partial charge in [-0.3, -0.25) is 0 Å². The van der Waals surface area contributed by atoms with Crippen molar-refractivity contribution in [2.45, 2.75) is 31.7 Å². The molecule has 0 aromatic carbocycles. The van der Waals surface area contributed by atoms with E-state index >= 15 is 0 Å². The molecule has 0 aromatic heterocycles. The largest absolute Gasteiger partial charge is 0.315 e. The van der Waals surface area contributed by atoms with Gasteiger partial charge in [0.15, 0.2) is 0 Å². The summed E-state index contributed by atoms with van der Waals surface area (Å²) in [5.74, 6) is 0. The topological polar surface area (TPSA) is 15.3 Å². The van der Waals surface area contributed by atoms with E-state index in [4.69, 9.17) is 0 Å². The molecule has 0 saturated carbocycles. The molecule has 0 amide bonds. The molecular weight excluding hydrogens is 136 g/mol. The Morgan fingerprint density at radius 3 is 2.73 bits per heavy atom. The van der Waals surface area contributed by atoms with E-state index < -0.39 is 0 Å². The summed E-state index contributed by atoms with van der Waals surface area (Å²) < 4.78 is 0. The highest BCUT2D eigenvalue weighted by Gasteiger charge is 2.11. The quantitative estimate of drug-likeness (QED) is 0.611. The molecule has 66 valence electrons. The number of nitrogens with zero attached hydrogens (tertiary/aromatic N) is 1. The van der Waals surface area contributed by atoms with Crippen molar-refractivity contribution in [1.29, 1.82) is 0 Å². The van der Waals surface area contributed by atoms with Gasteiger partial charge in [-0.2, -0.15) is 0 Å². The standard InChI is InChI=1S/C9H20N2/c1-11(2)9-6-4-3-5-7-10-8-9/h9-10H,3-8H2,1-2H3. The zero-order chi connectivity index (χ0) is 8.10. The molecular formula is C9H20N2. The fourth-order valence-corrected chi connectivity index (χ4v) is 1.62. The molecule has 0 bridgehead atoms. The molecule has 11 heavy (non-hydrogen) atoms. The SMILES string of the molecule is CN(C)C1CCCCCNC1. The van der Waals surface area contributed by atoms with Crippen LogP contribution >= 0.6 is 0 Å². The summed E-state index contributed by atoms with van der Waals surface area (Å²) in [6, 6.07) is 0.760. The Hall–Kier alpha value is -0.0800. The molecule has 0 aromatic rings. The van der Waals surface area contributed by atoms with Crippen LogP contribution in [0.2, 0.25) is 0 Å². The second kappa shape index (κ2) is 4.73. The molecule has 0 aliphatic carbocycles. The van der Waals surface area contributed by atoms with Crippen LogP contribution in [-0.2, 0) is 0 Å². The lowest BCUT2D eigenvalue weighted by atomic mass is 10.1. The van der Waals surface area contributed by atoms with Crippen LogP contribution in [0.3, 0.4) is 0 Å². The van der Waals surface area contributed by atoms with E-state index in [0.29, 0.717) is 0 Å². The highest BCUT2D eigenvalue weighted by atomic mass is 15.1. The summed E-state index contributed by atoms with van der Waals surface area (Å²) in [6.45, 7) is 2.39. The normalized spacial score (nSPS) is 28.1. The third-order valence-electron chi connectivity index (χ3n) is 2.50. The number of hydrogen-bond acceptors (Lipinski definition) is 2. The van der Waals surface area contributed by atoms with Crippen molar-refractivity contribution >= 4 is 0 Å². The molecule has 1 atom stereocenters. The van der Waals surface area contributed by atoms with Gasteiger partial charge in [-0.25, -0.2) is 0 Å². The zero-order valence-corrected chi connectivity index (χ0v) is 7.77. The van der Waals surface area contributed by atoms with E-state index in [9.17, 15) is 0 Å². The zero-order valence-electron chi connectivity index (χ0n) is 7.77.